The Morgan fingerprint density at radius 3 is 2.53 bits per heavy atom. The summed E-state index contributed by atoms with van der Waals surface area (Å²) in [6.45, 7) is 2.41. The molecule has 8 nitrogen and oxygen atoms in total. The van der Waals surface area contributed by atoms with Crippen molar-refractivity contribution in [2.75, 3.05) is 44.3 Å². The molecule has 0 spiro atoms. The van der Waals surface area contributed by atoms with Gasteiger partial charge in [0, 0.05) is 43.5 Å². The topological polar surface area (TPSA) is 106 Å². The van der Waals surface area contributed by atoms with E-state index in [0.717, 1.165) is 11.3 Å². The summed E-state index contributed by atoms with van der Waals surface area (Å²) in [6.07, 6.45) is 0.391. The number of piperazine rings is 1. The Labute approximate surface area is 219 Å². The number of aliphatic hydroxyl groups excluding tert-OH is 2. The van der Waals surface area contributed by atoms with Gasteiger partial charge >= 0.3 is 5.97 Å². The molecule has 1 aliphatic rings. The molecule has 190 valence electrons. The number of aromatic nitrogens is 1. The smallest absolute Gasteiger partial charge is 0.337 e. The zero-order valence-electron chi connectivity index (χ0n) is 19.4. The number of carbonyl (C=O) groups is 1. The van der Waals surface area contributed by atoms with Crippen molar-refractivity contribution < 1.29 is 24.9 Å². The third-order valence-electron chi connectivity index (χ3n) is 6.11. The first kappa shape index (κ1) is 26.2. The predicted octanol–water partition coefficient (Wildman–Crippen LogP) is 4.05. The number of rotatable bonds is 9. The number of carboxylic acids is 1. The maximum Gasteiger partial charge on any atom is 0.337 e. The van der Waals surface area contributed by atoms with E-state index in [1.165, 1.54) is 12.3 Å². The number of pyridine rings is 1. The molecule has 2 aromatic carbocycles. The van der Waals surface area contributed by atoms with Gasteiger partial charge in [-0.05, 0) is 42.0 Å². The molecule has 10 heteroatoms. The largest absolute Gasteiger partial charge is 0.491 e. The van der Waals surface area contributed by atoms with Gasteiger partial charge < -0.3 is 25.0 Å². The molecule has 0 amide bonds. The Morgan fingerprint density at radius 2 is 1.89 bits per heavy atom. The summed E-state index contributed by atoms with van der Waals surface area (Å²) in [4.78, 5) is 19.6. The number of ether oxygens (including phenoxy) is 1. The average molecular weight is 532 g/mol. The number of benzene rings is 2. The number of aliphatic hydroxyl groups is 2. The van der Waals surface area contributed by atoms with E-state index in [0.29, 0.717) is 47.7 Å². The van der Waals surface area contributed by atoms with Crippen molar-refractivity contribution in [3.8, 4) is 5.75 Å². The molecular formula is C26H27Cl2N3O5. The number of hydrogen-bond donors (Lipinski definition) is 3. The summed E-state index contributed by atoms with van der Waals surface area (Å²) in [7, 11) is 0. The van der Waals surface area contributed by atoms with Crippen LogP contribution >= 0.6 is 23.2 Å². The molecule has 4 rings (SSSR count). The lowest BCUT2D eigenvalue weighted by Crippen LogP contribution is -2.49. The zero-order valence-corrected chi connectivity index (χ0v) is 20.9. The van der Waals surface area contributed by atoms with E-state index in [9.17, 15) is 9.90 Å². The number of anilines is 1. The number of nitrogens with zero attached hydrogens (tertiary/aromatic N) is 3. The van der Waals surface area contributed by atoms with E-state index in [1.807, 2.05) is 36.4 Å². The van der Waals surface area contributed by atoms with Crippen LogP contribution in [0.15, 0.2) is 60.8 Å². The average Bonchev–Trinajstić information content (AvgIpc) is 2.88. The molecule has 3 N–H and O–H groups in total. The molecule has 1 saturated heterocycles. The Hall–Kier alpha value is -2.88. The fourth-order valence-electron chi connectivity index (χ4n) is 4.30. The van der Waals surface area contributed by atoms with Crippen molar-refractivity contribution in [1.29, 1.82) is 0 Å². The van der Waals surface area contributed by atoms with E-state index in [4.69, 9.17) is 38.2 Å². The van der Waals surface area contributed by atoms with Gasteiger partial charge in [-0.15, -0.1) is 0 Å². The fraction of sp³-hybridized carbons (Fsp3) is 0.308. The lowest BCUT2D eigenvalue weighted by Gasteiger charge is -2.44. The molecule has 0 unspecified atom stereocenters. The zero-order chi connectivity index (χ0) is 25.7. The minimum atomic E-state index is -1.06. The van der Waals surface area contributed by atoms with Gasteiger partial charge in [-0.25, -0.2) is 4.79 Å². The second-order valence-corrected chi connectivity index (χ2v) is 9.34. The lowest BCUT2D eigenvalue weighted by molar-refractivity contribution is 0.0695. The van der Waals surface area contributed by atoms with Crippen LogP contribution in [0.25, 0.3) is 0 Å². The molecule has 3 aromatic rings. The first-order chi connectivity index (χ1) is 17.4. The predicted molar refractivity (Wildman–Crippen MR) is 138 cm³/mol. The number of β-amino-alcohol motifs (C(OH)–C–C–N with tert-alkyl or cyclic N) is 1. The van der Waals surface area contributed by atoms with Crippen molar-refractivity contribution in [2.24, 2.45) is 0 Å². The number of carboxylic acid groups (broad SMARTS) is 1. The number of halogens is 2. The van der Waals surface area contributed by atoms with Gasteiger partial charge in [-0.1, -0.05) is 35.3 Å². The van der Waals surface area contributed by atoms with E-state index >= 15 is 0 Å². The molecule has 36 heavy (non-hydrogen) atoms. The summed E-state index contributed by atoms with van der Waals surface area (Å²) in [5.74, 6) is -0.471. The van der Waals surface area contributed by atoms with Crippen LogP contribution in [0.4, 0.5) is 5.69 Å². The van der Waals surface area contributed by atoms with Crippen LogP contribution in [0.2, 0.25) is 10.0 Å². The van der Waals surface area contributed by atoms with Crippen molar-refractivity contribution in [3.05, 3.63) is 87.7 Å². The molecule has 1 aliphatic heterocycles. The monoisotopic (exact) mass is 531 g/mol. The van der Waals surface area contributed by atoms with Crippen LogP contribution in [0.1, 0.15) is 33.8 Å². The van der Waals surface area contributed by atoms with E-state index in [2.05, 4.69) is 14.8 Å². The van der Waals surface area contributed by atoms with Crippen LogP contribution in [0.3, 0.4) is 0 Å². The lowest BCUT2D eigenvalue weighted by atomic mass is 10.0. The van der Waals surface area contributed by atoms with Crippen molar-refractivity contribution in [3.63, 3.8) is 0 Å². The Kier molecular flexibility index (Phi) is 8.66. The van der Waals surface area contributed by atoms with Crippen LogP contribution < -0.4 is 9.64 Å². The maximum atomic E-state index is 11.1. The second kappa shape index (κ2) is 11.9. The summed E-state index contributed by atoms with van der Waals surface area (Å²) in [5, 5.41) is 30.1. The normalized spacial score (nSPS) is 17.1. The Balaban J connectivity index is 1.54. The molecule has 0 aliphatic carbocycles. The minimum absolute atomic E-state index is 0.0627. The third kappa shape index (κ3) is 6.27. The fourth-order valence-corrected chi connectivity index (χ4v) is 4.71. The summed E-state index contributed by atoms with van der Waals surface area (Å²) < 4.78 is 5.48. The van der Waals surface area contributed by atoms with Crippen LogP contribution in [0.5, 0.6) is 5.75 Å². The van der Waals surface area contributed by atoms with Gasteiger partial charge in [0.15, 0.2) is 0 Å². The van der Waals surface area contributed by atoms with Gasteiger partial charge in [-0.3, -0.25) is 9.88 Å². The van der Waals surface area contributed by atoms with Gasteiger partial charge in [0.1, 0.15) is 18.5 Å². The highest BCUT2D eigenvalue weighted by atomic mass is 35.5. The van der Waals surface area contributed by atoms with Gasteiger partial charge in [-0.2, -0.15) is 0 Å². The minimum Gasteiger partial charge on any atom is -0.491 e. The third-order valence-corrected chi connectivity index (χ3v) is 6.67. The molecule has 1 aromatic heterocycles. The van der Waals surface area contributed by atoms with Gasteiger partial charge in [0.25, 0.3) is 0 Å². The number of aromatic carboxylic acids is 1. The molecule has 0 bridgehead atoms. The molecule has 1 fully saturated rings. The first-order valence-electron chi connectivity index (χ1n) is 11.5. The molecule has 2 heterocycles. The highest BCUT2D eigenvalue weighted by molar-refractivity contribution is 6.33. The first-order valence-corrected chi connectivity index (χ1v) is 12.3. The SMILES string of the molecule is O=C(O)c1ccc([C@H](O)CN2CCN(c3ccc(OCCO)cc3Cl)[C@H](c3ccc(Cl)cc3)C2)nc1. The van der Waals surface area contributed by atoms with Crippen molar-refractivity contribution in [1.82, 2.24) is 9.88 Å². The highest BCUT2D eigenvalue weighted by Crippen LogP contribution is 2.37. The van der Waals surface area contributed by atoms with E-state index < -0.39 is 12.1 Å². The molecule has 0 radical (unpaired) electrons. The van der Waals surface area contributed by atoms with E-state index in [1.54, 1.807) is 12.1 Å². The molecular weight excluding hydrogens is 505 g/mol. The maximum absolute atomic E-state index is 11.1. The van der Waals surface area contributed by atoms with Gasteiger partial charge in [0.2, 0.25) is 0 Å². The standard InChI is InChI=1S/C26H27Cl2N3O5/c27-19-4-1-17(2-5-19)24-15-30(16-25(33)22-7-3-18(14-29-22)26(34)35)9-10-31(24)23-8-6-20(13-21(23)28)36-12-11-32/h1-8,13-14,24-25,32-33H,9-12,15-16H2,(H,34,35)/t24-,25+/m0/s1. The number of hydrogen-bond acceptors (Lipinski definition) is 7. The molecule has 2 atom stereocenters. The van der Waals surface area contributed by atoms with Crippen molar-refractivity contribution in [2.45, 2.75) is 12.1 Å². The summed E-state index contributed by atoms with van der Waals surface area (Å²) in [6, 6.07) is 16.1. The molecule has 0 saturated carbocycles. The van der Waals surface area contributed by atoms with Crippen LogP contribution in [-0.4, -0.2) is 70.6 Å². The summed E-state index contributed by atoms with van der Waals surface area (Å²) in [5.41, 5.74) is 2.41. The quantitative estimate of drug-likeness (QED) is 0.379. The van der Waals surface area contributed by atoms with Gasteiger partial charge in [0.05, 0.1) is 34.6 Å². The second-order valence-electron chi connectivity index (χ2n) is 8.50. The van der Waals surface area contributed by atoms with Crippen LogP contribution in [0, 0.1) is 0 Å². The Morgan fingerprint density at radius 1 is 1.11 bits per heavy atom. The highest BCUT2D eigenvalue weighted by Gasteiger charge is 2.31. The van der Waals surface area contributed by atoms with E-state index in [-0.39, 0.29) is 24.8 Å². The van der Waals surface area contributed by atoms with Crippen molar-refractivity contribution >= 4 is 34.9 Å². The Bertz CT molecular complexity index is 1180. The van der Waals surface area contributed by atoms with Crippen LogP contribution in [-0.2, 0) is 0 Å². The summed E-state index contributed by atoms with van der Waals surface area (Å²) >= 11 is 12.8.